The van der Waals surface area contributed by atoms with E-state index in [2.05, 4.69) is 0 Å². The molecule has 0 N–H and O–H groups in total. The Morgan fingerprint density at radius 1 is 1.28 bits per heavy atom. The minimum absolute atomic E-state index is 0.138. The molecule has 0 amide bonds. The first-order chi connectivity index (χ1) is 8.52. The SMILES string of the molecule is CC(=O)O[C@H]1C[C@H](CCC#N)OC[C@H]1OC(C)=O. The number of carbonyl (C=O) groups is 2. The second kappa shape index (κ2) is 6.97. The van der Waals surface area contributed by atoms with Crippen LogP contribution in [-0.2, 0) is 23.8 Å². The fourth-order valence-corrected chi connectivity index (χ4v) is 1.90. The molecular formula is C12H17NO5. The molecule has 0 aromatic carbocycles. The van der Waals surface area contributed by atoms with E-state index in [9.17, 15) is 9.59 Å². The van der Waals surface area contributed by atoms with E-state index in [1.807, 2.05) is 6.07 Å². The third kappa shape index (κ3) is 4.72. The number of ether oxygens (including phenoxy) is 3. The molecule has 0 saturated carbocycles. The van der Waals surface area contributed by atoms with Crippen LogP contribution >= 0.6 is 0 Å². The van der Waals surface area contributed by atoms with Gasteiger partial charge in [-0.2, -0.15) is 5.26 Å². The van der Waals surface area contributed by atoms with Gasteiger partial charge in [-0.1, -0.05) is 0 Å². The summed E-state index contributed by atoms with van der Waals surface area (Å²) in [6, 6.07) is 2.04. The molecule has 100 valence electrons. The minimum atomic E-state index is -0.565. The van der Waals surface area contributed by atoms with Crippen LogP contribution in [-0.4, -0.2) is 36.9 Å². The Labute approximate surface area is 106 Å². The lowest BCUT2D eigenvalue weighted by Gasteiger charge is -2.34. The van der Waals surface area contributed by atoms with Gasteiger partial charge in [-0.15, -0.1) is 0 Å². The van der Waals surface area contributed by atoms with E-state index in [0.29, 0.717) is 19.3 Å². The van der Waals surface area contributed by atoms with Gasteiger partial charge in [0.25, 0.3) is 0 Å². The number of rotatable bonds is 4. The molecule has 0 bridgehead atoms. The van der Waals surface area contributed by atoms with Crippen LogP contribution in [0.2, 0.25) is 0 Å². The molecule has 1 aliphatic heterocycles. The Morgan fingerprint density at radius 2 is 1.89 bits per heavy atom. The van der Waals surface area contributed by atoms with Crippen molar-refractivity contribution in [1.82, 2.24) is 0 Å². The van der Waals surface area contributed by atoms with Crippen LogP contribution in [0.15, 0.2) is 0 Å². The highest BCUT2D eigenvalue weighted by Gasteiger charge is 2.35. The van der Waals surface area contributed by atoms with Crippen molar-refractivity contribution in [3.8, 4) is 6.07 Å². The van der Waals surface area contributed by atoms with E-state index < -0.39 is 24.1 Å². The summed E-state index contributed by atoms with van der Waals surface area (Å²) in [6.45, 7) is 2.80. The van der Waals surface area contributed by atoms with Gasteiger partial charge in [0, 0.05) is 26.7 Å². The number of esters is 2. The van der Waals surface area contributed by atoms with Gasteiger partial charge in [-0.3, -0.25) is 9.59 Å². The second-order valence-electron chi connectivity index (χ2n) is 4.18. The van der Waals surface area contributed by atoms with Gasteiger partial charge in [-0.05, 0) is 6.42 Å². The summed E-state index contributed by atoms with van der Waals surface area (Å²) in [5.74, 6) is -0.852. The van der Waals surface area contributed by atoms with Crippen LogP contribution < -0.4 is 0 Å². The predicted molar refractivity (Wildman–Crippen MR) is 60.3 cm³/mol. The van der Waals surface area contributed by atoms with Crippen molar-refractivity contribution < 1.29 is 23.8 Å². The molecule has 0 aromatic rings. The molecule has 18 heavy (non-hydrogen) atoms. The van der Waals surface area contributed by atoms with Crippen LogP contribution in [0.3, 0.4) is 0 Å². The van der Waals surface area contributed by atoms with Gasteiger partial charge in [-0.25, -0.2) is 0 Å². The van der Waals surface area contributed by atoms with Crippen molar-refractivity contribution in [3.63, 3.8) is 0 Å². The molecule has 1 aliphatic rings. The van der Waals surface area contributed by atoms with Crippen LogP contribution in [0, 0.1) is 11.3 Å². The molecule has 0 aliphatic carbocycles. The zero-order valence-electron chi connectivity index (χ0n) is 10.5. The van der Waals surface area contributed by atoms with Crippen molar-refractivity contribution >= 4 is 11.9 Å². The summed E-state index contributed by atoms with van der Waals surface area (Å²) in [5.41, 5.74) is 0. The van der Waals surface area contributed by atoms with E-state index in [0.717, 1.165) is 0 Å². The van der Waals surface area contributed by atoms with Gasteiger partial charge < -0.3 is 14.2 Å². The maximum absolute atomic E-state index is 11.0. The largest absolute Gasteiger partial charge is 0.458 e. The standard InChI is InChI=1S/C12H17NO5/c1-8(14)17-11-6-10(4-3-5-13)16-7-12(11)18-9(2)15/h10-12H,3-4,6-7H2,1-2H3/t10-,11-,12+/m0/s1. The van der Waals surface area contributed by atoms with Crippen molar-refractivity contribution in [2.24, 2.45) is 0 Å². The van der Waals surface area contributed by atoms with Crippen molar-refractivity contribution in [3.05, 3.63) is 0 Å². The minimum Gasteiger partial charge on any atom is -0.458 e. The van der Waals surface area contributed by atoms with E-state index >= 15 is 0 Å². The molecule has 0 aromatic heterocycles. The van der Waals surface area contributed by atoms with E-state index in [-0.39, 0.29) is 12.7 Å². The molecule has 6 heteroatoms. The summed E-state index contributed by atoms with van der Waals surface area (Å²) in [7, 11) is 0. The smallest absolute Gasteiger partial charge is 0.303 e. The van der Waals surface area contributed by atoms with Crippen LogP contribution in [0.4, 0.5) is 0 Å². The van der Waals surface area contributed by atoms with Crippen molar-refractivity contribution in [1.29, 1.82) is 5.26 Å². The number of nitriles is 1. The first-order valence-electron chi connectivity index (χ1n) is 5.86. The first-order valence-corrected chi connectivity index (χ1v) is 5.86. The molecule has 6 nitrogen and oxygen atoms in total. The number of hydrogen-bond acceptors (Lipinski definition) is 6. The number of hydrogen-bond donors (Lipinski definition) is 0. The molecule has 1 fully saturated rings. The maximum Gasteiger partial charge on any atom is 0.303 e. The Kier molecular flexibility index (Phi) is 5.59. The normalized spacial score (nSPS) is 27.1. The maximum atomic E-state index is 11.0. The molecule has 0 unspecified atom stereocenters. The average Bonchev–Trinajstić information content (AvgIpc) is 2.28. The molecular weight excluding hydrogens is 238 g/mol. The van der Waals surface area contributed by atoms with Gasteiger partial charge in [0.1, 0.15) is 6.10 Å². The first kappa shape index (κ1) is 14.5. The lowest BCUT2D eigenvalue weighted by Crippen LogP contribution is -2.45. The summed E-state index contributed by atoms with van der Waals surface area (Å²) < 4.78 is 15.7. The summed E-state index contributed by atoms with van der Waals surface area (Å²) in [6.07, 6.45) is 0.213. The van der Waals surface area contributed by atoms with Crippen LogP contribution in [0.5, 0.6) is 0 Å². The number of nitrogens with zero attached hydrogens (tertiary/aromatic N) is 1. The monoisotopic (exact) mass is 255 g/mol. The van der Waals surface area contributed by atoms with Crippen LogP contribution in [0.1, 0.15) is 33.1 Å². The second-order valence-corrected chi connectivity index (χ2v) is 4.18. The highest BCUT2D eigenvalue weighted by atomic mass is 16.6. The summed E-state index contributed by atoms with van der Waals surface area (Å²) in [4.78, 5) is 21.9. The Morgan fingerprint density at radius 3 is 2.44 bits per heavy atom. The lowest BCUT2D eigenvalue weighted by atomic mass is 10.00. The fraction of sp³-hybridized carbons (Fsp3) is 0.750. The molecule has 3 atom stereocenters. The molecule has 0 radical (unpaired) electrons. The highest BCUT2D eigenvalue weighted by molar-refractivity contribution is 5.67. The van der Waals surface area contributed by atoms with Gasteiger partial charge >= 0.3 is 11.9 Å². The molecule has 0 spiro atoms. The molecule has 1 rings (SSSR count). The Bertz CT molecular complexity index is 349. The van der Waals surface area contributed by atoms with E-state index in [1.54, 1.807) is 0 Å². The highest BCUT2D eigenvalue weighted by Crippen LogP contribution is 2.23. The Hall–Kier alpha value is -1.61. The average molecular weight is 255 g/mol. The third-order valence-electron chi connectivity index (χ3n) is 2.62. The quantitative estimate of drug-likeness (QED) is 0.695. The third-order valence-corrected chi connectivity index (χ3v) is 2.62. The zero-order valence-corrected chi connectivity index (χ0v) is 10.5. The van der Waals surface area contributed by atoms with Crippen LogP contribution in [0.25, 0.3) is 0 Å². The zero-order chi connectivity index (χ0) is 13.5. The van der Waals surface area contributed by atoms with E-state index in [4.69, 9.17) is 19.5 Å². The van der Waals surface area contributed by atoms with Gasteiger partial charge in [0.05, 0.1) is 18.8 Å². The lowest BCUT2D eigenvalue weighted by molar-refractivity contribution is -0.187. The van der Waals surface area contributed by atoms with Crippen molar-refractivity contribution in [2.45, 2.75) is 51.4 Å². The molecule has 1 saturated heterocycles. The van der Waals surface area contributed by atoms with Crippen molar-refractivity contribution in [2.75, 3.05) is 6.61 Å². The Balaban J connectivity index is 2.57. The van der Waals surface area contributed by atoms with Gasteiger partial charge in [0.15, 0.2) is 6.10 Å². The topological polar surface area (TPSA) is 85.6 Å². The van der Waals surface area contributed by atoms with E-state index in [1.165, 1.54) is 13.8 Å². The molecule has 1 heterocycles. The predicted octanol–water partition coefficient (Wildman–Crippen LogP) is 0.942. The fourth-order valence-electron chi connectivity index (χ4n) is 1.90. The number of carbonyl (C=O) groups excluding carboxylic acids is 2. The summed E-state index contributed by atoms with van der Waals surface area (Å²) in [5, 5.41) is 8.52. The summed E-state index contributed by atoms with van der Waals surface area (Å²) >= 11 is 0. The van der Waals surface area contributed by atoms with Gasteiger partial charge in [0.2, 0.25) is 0 Å².